The van der Waals surface area contributed by atoms with Crippen LogP contribution in [0.2, 0.25) is 0 Å². The zero-order chi connectivity index (χ0) is 14.0. The Balaban J connectivity index is 2.31. The van der Waals surface area contributed by atoms with Crippen molar-refractivity contribution in [3.63, 3.8) is 0 Å². The average Bonchev–Trinajstić information content (AvgIpc) is 2.98. The second-order valence-electron chi connectivity index (χ2n) is 4.03. The van der Waals surface area contributed by atoms with Gasteiger partial charge in [0.15, 0.2) is 5.03 Å². The van der Waals surface area contributed by atoms with Gasteiger partial charge in [-0.15, -0.1) is 11.3 Å². The molecule has 0 aromatic carbocycles. The van der Waals surface area contributed by atoms with Crippen molar-refractivity contribution in [3.8, 4) is 0 Å². The average molecular weight is 302 g/mol. The standard InChI is InChI=1S/C10H14N4O3S2/c1-7-9(4-15)10(13-12-7)19(16,17)14(2)3-8-5-18-6-11-8/h5-6,15H,3-4H2,1-2H3,(H,12,13). The minimum atomic E-state index is -3.74. The molecule has 0 saturated carbocycles. The van der Waals surface area contributed by atoms with Crippen molar-refractivity contribution in [2.45, 2.75) is 25.1 Å². The Morgan fingerprint density at radius 3 is 2.84 bits per heavy atom. The molecule has 0 atom stereocenters. The highest BCUT2D eigenvalue weighted by Gasteiger charge is 2.28. The van der Waals surface area contributed by atoms with Gasteiger partial charge >= 0.3 is 0 Å². The van der Waals surface area contributed by atoms with E-state index in [9.17, 15) is 13.5 Å². The van der Waals surface area contributed by atoms with E-state index in [4.69, 9.17) is 0 Å². The molecule has 7 nitrogen and oxygen atoms in total. The Morgan fingerprint density at radius 2 is 2.26 bits per heavy atom. The normalized spacial score (nSPS) is 12.2. The quantitative estimate of drug-likeness (QED) is 0.837. The van der Waals surface area contributed by atoms with Gasteiger partial charge in [-0.25, -0.2) is 13.4 Å². The van der Waals surface area contributed by atoms with Crippen LogP contribution in [0, 0.1) is 6.92 Å². The molecule has 2 N–H and O–H groups in total. The summed E-state index contributed by atoms with van der Waals surface area (Å²) in [6, 6.07) is 0. The minimum Gasteiger partial charge on any atom is -0.392 e. The minimum absolute atomic E-state index is 0.134. The summed E-state index contributed by atoms with van der Waals surface area (Å²) in [6.07, 6.45) is 0. The highest BCUT2D eigenvalue weighted by molar-refractivity contribution is 7.89. The fourth-order valence-corrected chi connectivity index (χ4v) is 3.44. The molecule has 0 amide bonds. The van der Waals surface area contributed by atoms with Crippen LogP contribution in [0.1, 0.15) is 17.0 Å². The van der Waals surface area contributed by atoms with Crippen LogP contribution in [0.3, 0.4) is 0 Å². The van der Waals surface area contributed by atoms with Crippen molar-refractivity contribution in [3.05, 3.63) is 27.8 Å². The number of aliphatic hydroxyl groups is 1. The largest absolute Gasteiger partial charge is 0.392 e. The zero-order valence-electron chi connectivity index (χ0n) is 10.5. The summed E-state index contributed by atoms with van der Waals surface area (Å²) < 4.78 is 25.9. The zero-order valence-corrected chi connectivity index (χ0v) is 12.1. The van der Waals surface area contributed by atoms with E-state index < -0.39 is 10.0 Å². The van der Waals surface area contributed by atoms with Gasteiger partial charge in [0.1, 0.15) is 0 Å². The molecule has 2 rings (SSSR count). The molecule has 0 radical (unpaired) electrons. The van der Waals surface area contributed by atoms with Crippen LogP contribution < -0.4 is 0 Å². The molecule has 0 aliphatic rings. The summed E-state index contributed by atoms with van der Waals surface area (Å²) in [5, 5.41) is 17.2. The number of hydrogen-bond acceptors (Lipinski definition) is 6. The van der Waals surface area contributed by atoms with Gasteiger partial charge in [-0.2, -0.15) is 9.40 Å². The molecule has 104 valence electrons. The molecule has 19 heavy (non-hydrogen) atoms. The third-order valence-corrected chi connectivity index (χ3v) is 5.13. The van der Waals surface area contributed by atoms with Crippen molar-refractivity contribution in [2.24, 2.45) is 0 Å². The number of hydrogen-bond donors (Lipinski definition) is 2. The lowest BCUT2D eigenvalue weighted by molar-refractivity contribution is 0.277. The lowest BCUT2D eigenvalue weighted by atomic mass is 10.3. The Labute approximate surface area is 115 Å². The molecule has 0 aliphatic carbocycles. The highest BCUT2D eigenvalue weighted by atomic mass is 32.2. The lowest BCUT2D eigenvalue weighted by Gasteiger charge is -2.15. The molecular weight excluding hydrogens is 288 g/mol. The topological polar surface area (TPSA) is 99.2 Å². The number of H-pyrrole nitrogens is 1. The number of aliphatic hydroxyl groups excluding tert-OH is 1. The van der Waals surface area contributed by atoms with Gasteiger partial charge in [0.25, 0.3) is 10.0 Å². The maximum Gasteiger partial charge on any atom is 0.262 e. The molecule has 2 heterocycles. The third kappa shape index (κ3) is 2.68. The molecule has 0 spiro atoms. The third-order valence-electron chi connectivity index (χ3n) is 2.72. The fourth-order valence-electron chi connectivity index (χ4n) is 1.61. The molecule has 2 aromatic rings. The molecule has 2 aromatic heterocycles. The van der Waals surface area contributed by atoms with Gasteiger partial charge in [0, 0.05) is 23.7 Å². The second-order valence-corrected chi connectivity index (χ2v) is 6.71. The number of aromatic amines is 1. The van der Waals surface area contributed by atoms with Crippen LogP contribution in [0.15, 0.2) is 15.9 Å². The molecule has 0 unspecified atom stereocenters. The Morgan fingerprint density at radius 1 is 1.53 bits per heavy atom. The van der Waals surface area contributed by atoms with Crippen LogP contribution in [0.5, 0.6) is 0 Å². The summed E-state index contributed by atoms with van der Waals surface area (Å²) in [6.45, 7) is 1.46. The predicted octanol–water partition coefficient (Wildman–Crippen LogP) is 0.488. The van der Waals surface area contributed by atoms with E-state index >= 15 is 0 Å². The fraction of sp³-hybridized carbons (Fsp3) is 0.400. The van der Waals surface area contributed by atoms with Crippen LogP contribution in [-0.2, 0) is 23.2 Å². The van der Waals surface area contributed by atoms with E-state index in [0.29, 0.717) is 17.0 Å². The predicted molar refractivity (Wildman–Crippen MR) is 70.0 cm³/mol. The van der Waals surface area contributed by atoms with Crippen molar-refractivity contribution in [2.75, 3.05) is 7.05 Å². The molecule has 0 aliphatic heterocycles. The first-order valence-corrected chi connectivity index (χ1v) is 7.83. The van der Waals surface area contributed by atoms with Crippen molar-refractivity contribution in [1.82, 2.24) is 19.5 Å². The van der Waals surface area contributed by atoms with Gasteiger partial charge < -0.3 is 5.11 Å². The number of rotatable bonds is 5. The Bertz CT molecular complexity index is 648. The second kappa shape index (κ2) is 5.37. The van der Waals surface area contributed by atoms with Gasteiger partial charge in [0.05, 0.1) is 24.4 Å². The Kier molecular flexibility index (Phi) is 3.99. The SMILES string of the molecule is Cc1[nH]nc(S(=O)(=O)N(C)Cc2cscn2)c1CO. The summed E-state index contributed by atoms with van der Waals surface area (Å²) >= 11 is 1.41. The van der Waals surface area contributed by atoms with Gasteiger partial charge in [-0.1, -0.05) is 0 Å². The van der Waals surface area contributed by atoms with Gasteiger partial charge in [0.2, 0.25) is 0 Å². The molecular formula is C10H14N4O3S2. The summed E-state index contributed by atoms with van der Waals surface area (Å²) in [5.41, 5.74) is 3.16. The first kappa shape index (κ1) is 14.1. The molecule has 0 fully saturated rings. The molecule has 0 bridgehead atoms. The summed E-state index contributed by atoms with van der Waals surface area (Å²) in [7, 11) is -2.28. The number of nitrogens with zero attached hydrogens (tertiary/aromatic N) is 3. The van der Waals surface area contributed by atoms with Gasteiger partial charge in [-0.3, -0.25) is 5.10 Å². The number of aromatic nitrogens is 3. The summed E-state index contributed by atoms with van der Waals surface area (Å²) in [5.74, 6) is 0. The van der Waals surface area contributed by atoms with E-state index in [1.165, 1.54) is 18.4 Å². The van der Waals surface area contributed by atoms with E-state index in [1.807, 2.05) is 0 Å². The first-order chi connectivity index (χ1) is 8.96. The van der Waals surface area contributed by atoms with Crippen LogP contribution in [0.25, 0.3) is 0 Å². The van der Waals surface area contributed by atoms with Crippen molar-refractivity contribution >= 4 is 21.4 Å². The summed E-state index contributed by atoms with van der Waals surface area (Å²) in [4.78, 5) is 4.05. The van der Waals surface area contributed by atoms with Crippen LogP contribution in [-0.4, -0.2) is 40.1 Å². The monoisotopic (exact) mass is 302 g/mol. The highest BCUT2D eigenvalue weighted by Crippen LogP contribution is 2.20. The number of sulfonamides is 1. The smallest absolute Gasteiger partial charge is 0.262 e. The van der Waals surface area contributed by atoms with E-state index in [0.717, 1.165) is 4.31 Å². The van der Waals surface area contributed by atoms with E-state index in [2.05, 4.69) is 15.2 Å². The number of aryl methyl sites for hydroxylation is 1. The van der Waals surface area contributed by atoms with Crippen LogP contribution in [0.4, 0.5) is 0 Å². The Hall–Kier alpha value is -1.29. The maximum atomic E-state index is 12.4. The van der Waals surface area contributed by atoms with E-state index in [1.54, 1.807) is 17.8 Å². The number of nitrogens with one attached hydrogen (secondary N) is 1. The van der Waals surface area contributed by atoms with Crippen molar-refractivity contribution < 1.29 is 13.5 Å². The van der Waals surface area contributed by atoms with Crippen LogP contribution >= 0.6 is 11.3 Å². The maximum absolute atomic E-state index is 12.4. The van der Waals surface area contributed by atoms with Gasteiger partial charge in [-0.05, 0) is 6.92 Å². The first-order valence-electron chi connectivity index (χ1n) is 5.45. The molecule has 9 heteroatoms. The van der Waals surface area contributed by atoms with Crippen molar-refractivity contribution in [1.29, 1.82) is 0 Å². The van der Waals surface area contributed by atoms with E-state index in [-0.39, 0.29) is 18.2 Å². The molecule has 0 saturated heterocycles. The number of thiazole rings is 1. The lowest BCUT2D eigenvalue weighted by Crippen LogP contribution is -2.27.